The first-order valence-electron chi connectivity index (χ1n) is 7.76. The SMILES string of the molecule is Br.Cc1cccc(N)n1.Cc1nc(N)c(Br)cc1Br.Cc1nc(N)ccc1Br. The van der Waals surface area contributed by atoms with Gasteiger partial charge in [-0.25, -0.2) is 15.0 Å². The molecule has 0 aliphatic heterocycles. The third-order valence-corrected chi connectivity index (χ3v) is 5.36. The molecule has 6 N–H and O–H groups in total. The fourth-order valence-corrected chi connectivity index (χ4v) is 2.87. The monoisotopic (exact) mass is 638 g/mol. The molecule has 0 aliphatic carbocycles. The number of hydrogen-bond acceptors (Lipinski definition) is 6. The zero-order valence-electron chi connectivity index (χ0n) is 15.6. The van der Waals surface area contributed by atoms with Crippen LogP contribution >= 0.6 is 64.8 Å². The van der Waals surface area contributed by atoms with E-state index >= 15 is 0 Å². The van der Waals surface area contributed by atoms with Gasteiger partial charge in [0.2, 0.25) is 0 Å². The Labute approximate surface area is 200 Å². The molecule has 0 spiro atoms. The van der Waals surface area contributed by atoms with E-state index in [2.05, 4.69) is 62.7 Å². The Kier molecular flexibility index (Phi) is 12.5. The van der Waals surface area contributed by atoms with Crippen LogP contribution < -0.4 is 17.2 Å². The van der Waals surface area contributed by atoms with E-state index in [1.165, 1.54) is 0 Å². The Morgan fingerprint density at radius 2 is 1.25 bits per heavy atom. The van der Waals surface area contributed by atoms with Crippen LogP contribution in [-0.2, 0) is 0 Å². The summed E-state index contributed by atoms with van der Waals surface area (Å²) < 4.78 is 2.79. The summed E-state index contributed by atoms with van der Waals surface area (Å²) in [5, 5.41) is 0. The number of pyridine rings is 3. The number of aryl methyl sites for hydroxylation is 3. The van der Waals surface area contributed by atoms with Gasteiger partial charge in [-0.1, -0.05) is 6.07 Å². The zero-order chi connectivity index (χ0) is 20.6. The lowest BCUT2D eigenvalue weighted by Crippen LogP contribution is -1.93. The number of rotatable bonds is 0. The number of anilines is 3. The molecule has 0 fully saturated rings. The van der Waals surface area contributed by atoms with E-state index < -0.39 is 0 Å². The predicted octanol–water partition coefficient (Wildman–Crippen LogP) is 5.78. The summed E-state index contributed by atoms with van der Waals surface area (Å²) in [6.07, 6.45) is 0. The Morgan fingerprint density at radius 3 is 1.68 bits per heavy atom. The molecule has 0 saturated carbocycles. The smallest absolute Gasteiger partial charge is 0.138 e. The second-order valence-electron chi connectivity index (χ2n) is 5.43. The van der Waals surface area contributed by atoms with Crippen molar-refractivity contribution in [3.05, 3.63) is 66.9 Å². The molecule has 3 aromatic heterocycles. The van der Waals surface area contributed by atoms with Gasteiger partial charge in [0, 0.05) is 14.6 Å². The first kappa shape index (κ1) is 26.8. The minimum Gasteiger partial charge on any atom is -0.384 e. The lowest BCUT2D eigenvalue weighted by molar-refractivity contribution is 1.18. The fraction of sp³-hybridized carbons (Fsp3) is 0.167. The zero-order valence-corrected chi connectivity index (χ0v) is 22.1. The maximum atomic E-state index is 5.51. The van der Waals surface area contributed by atoms with Crippen molar-refractivity contribution in [3.8, 4) is 0 Å². The molecule has 3 aromatic rings. The highest BCUT2D eigenvalue weighted by atomic mass is 79.9. The lowest BCUT2D eigenvalue weighted by Gasteiger charge is -2.00. The predicted molar refractivity (Wildman–Crippen MR) is 134 cm³/mol. The minimum atomic E-state index is 0. The van der Waals surface area contributed by atoms with Gasteiger partial charge in [0.25, 0.3) is 0 Å². The highest BCUT2D eigenvalue weighted by molar-refractivity contribution is 9.11. The van der Waals surface area contributed by atoms with Crippen LogP contribution in [0.4, 0.5) is 17.5 Å². The largest absolute Gasteiger partial charge is 0.384 e. The van der Waals surface area contributed by atoms with Gasteiger partial charge in [-0.05, 0) is 98.9 Å². The molecule has 10 heteroatoms. The highest BCUT2D eigenvalue weighted by Gasteiger charge is 2.00. The van der Waals surface area contributed by atoms with Gasteiger partial charge in [0.05, 0.1) is 15.9 Å². The number of hydrogen-bond donors (Lipinski definition) is 3. The van der Waals surface area contributed by atoms with Gasteiger partial charge in [-0.3, -0.25) is 0 Å². The molecule has 0 aromatic carbocycles. The van der Waals surface area contributed by atoms with Crippen molar-refractivity contribution in [1.82, 2.24) is 15.0 Å². The van der Waals surface area contributed by atoms with Crippen LogP contribution in [0.1, 0.15) is 17.1 Å². The lowest BCUT2D eigenvalue weighted by atomic mass is 10.4. The molecule has 3 rings (SSSR count). The molecule has 0 bridgehead atoms. The summed E-state index contributed by atoms with van der Waals surface area (Å²) in [7, 11) is 0. The summed E-state index contributed by atoms with van der Waals surface area (Å²) in [4.78, 5) is 12.0. The van der Waals surface area contributed by atoms with Gasteiger partial charge < -0.3 is 17.2 Å². The Hall–Kier alpha value is -1.23. The van der Waals surface area contributed by atoms with Gasteiger partial charge in [0.1, 0.15) is 17.5 Å². The molecular formula is C18H22Br4N6. The maximum absolute atomic E-state index is 5.51. The van der Waals surface area contributed by atoms with Crippen molar-refractivity contribution in [1.29, 1.82) is 0 Å². The standard InChI is InChI=1S/C6H6Br2N2.C6H7BrN2.C6H8N2.BrH/c1-3-4(7)2-5(8)6(9)10-3;1-4-5(7)2-3-6(8)9-4;1-5-3-2-4-6(7)8-5;/h2H,1H3,(H2,9,10);2-3H,1H3,(H2,8,9);2-4H,1H3,(H2,7,8);1H. The Balaban J connectivity index is 0.000000386. The molecule has 152 valence electrons. The molecule has 3 heterocycles. The minimum absolute atomic E-state index is 0. The topological polar surface area (TPSA) is 117 Å². The van der Waals surface area contributed by atoms with E-state index in [9.17, 15) is 0 Å². The van der Waals surface area contributed by atoms with E-state index in [4.69, 9.17) is 17.2 Å². The van der Waals surface area contributed by atoms with Crippen molar-refractivity contribution < 1.29 is 0 Å². The molecule has 28 heavy (non-hydrogen) atoms. The van der Waals surface area contributed by atoms with Crippen LogP contribution in [0.3, 0.4) is 0 Å². The molecule has 0 saturated heterocycles. The highest BCUT2D eigenvalue weighted by Crippen LogP contribution is 2.23. The van der Waals surface area contributed by atoms with Crippen LogP contribution in [0, 0.1) is 20.8 Å². The van der Waals surface area contributed by atoms with Crippen molar-refractivity contribution >= 4 is 82.2 Å². The van der Waals surface area contributed by atoms with Crippen LogP contribution in [-0.4, -0.2) is 15.0 Å². The van der Waals surface area contributed by atoms with Crippen molar-refractivity contribution in [2.24, 2.45) is 0 Å². The molecule has 0 radical (unpaired) electrons. The quantitative estimate of drug-likeness (QED) is 0.287. The fourth-order valence-electron chi connectivity index (χ4n) is 1.70. The number of nitrogen functional groups attached to an aromatic ring is 3. The summed E-state index contributed by atoms with van der Waals surface area (Å²) in [5.41, 5.74) is 19.0. The third kappa shape index (κ3) is 9.81. The van der Waals surface area contributed by atoms with Crippen molar-refractivity contribution in [2.75, 3.05) is 17.2 Å². The summed E-state index contributed by atoms with van der Waals surface area (Å²) in [6, 6.07) is 11.1. The molecule has 0 amide bonds. The normalized spacial score (nSPS) is 9.21. The average Bonchev–Trinajstić information content (AvgIpc) is 2.58. The van der Waals surface area contributed by atoms with Gasteiger partial charge in [0.15, 0.2) is 0 Å². The molecule has 0 atom stereocenters. The second-order valence-corrected chi connectivity index (χ2v) is 7.99. The van der Waals surface area contributed by atoms with Crippen LogP contribution in [0.5, 0.6) is 0 Å². The average molecular weight is 642 g/mol. The van der Waals surface area contributed by atoms with Crippen LogP contribution in [0.2, 0.25) is 0 Å². The van der Waals surface area contributed by atoms with Crippen LogP contribution in [0.15, 0.2) is 49.8 Å². The summed E-state index contributed by atoms with van der Waals surface area (Å²) in [6.45, 7) is 5.71. The Morgan fingerprint density at radius 1 is 0.679 bits per heavy atom. The number of nitrogens with two attached hydrogens (primary N) is 3. The molecule has 6 nitrogen and oxygen atoms in total. The number of aromatic nitrogens is 3. The van der Waals surface area contributed by atoms with E-state index in [0.29, 0.717) is 17.5 Å². The van der Waals surface area contributed by atoms with Gasteiger partial charge in [-0.2, -0.15) is 0 Å². The van der Waals surface area contributed by atoms with E-state index in [1.807, 2.05) is 45.0 Å². The van der Waals surface area contributed by atoms with Crippen molar-refractivity contribution in [3.63, 3.8) is 0 Å². The number of nitrogens with zero attached hydrogens (tertiary/aromatic N) is 3. The first-order chi connectivity index (χ1) is 12.6. The number of halogens is 4. The maximum Gasteiger partial charge on any atom is 0.138 e. The van der Waals surface area contributed by atoms with E-state index in [0.717, 1.165) is 30.5 Å². The van der Waals surface area contributed by atoms with Crippen LogP contribution in [0.25, 0.3) is 0 Å². The van der Waals surface area contributed by atoms with Gasteiger partial charge in [-0.15, -0.1) is 17.0 Å². The summed E-state index contributed by atoms with van der Waals surface area (Å²) in [5.74, 6) is 1.68. The second kappa shape index (κ2) is 13.1. The first-order valence-corrected chi connectivity index (χ1v) is 10.1. The van der Waals surface area contributed by atoms with E-state index in [1.54, 1.807) is 12.1 Å². The van der Waals surface area contributed by atoms with E-state index in [-0.39, 0.29) is 17.0 Å². The molecular weight excluding hydrogens is 620 g/mol. The Bertz CT molecular complexity index is 838. The summed E-state index contributed by atoms with van der Waals surface area (Å²) >= 11 is 9.91. The third-order valence-electron chi connectivity index (χ3n) is 3.08. The van der Waals surface area contributed by atoms with Gasteiger partial charge >= 0.3 is 0 Å². The van der Waals surface area contributed by atoms with Crippen molar-refractivity contribution in [2.45, 2.75) is 20.8 Å². The molecule has 0 aliphatic rings. The molecule has 0 unspecified atom stereocenters.